The van der Waals surface area contributed by atoms with E-state index in [2.05, 4.69) is 0 Å². The first-order valence-electron chi connectivity index (χ1n) is 2.67. The van der Waals surface area contributed by atoms with Crippen LogP contribution < -0.4 is 0 Å². The van der Waals surface area contributed by atoms with Gasteiger partial charge in [0.25, 0.3) is 4.90 Å². The predicted octanol–water partition coefficient (Wildman–Crippen LogP) is 1.35. The first-order valence-corrected chi connectivity index (χ1v) is 3.41. The standard InChI is InChI=1S/C7H4NOS/c8-5-6-1-3-7(10-9)4-2-6/h1-4H/q+1. The molecule has 10 heavy (non-hydrogen) atoms. The minimum atomic E-state index is 0.429. The van der Waals surface area contributed by atoms with Crippen LogP contribution in [0.2, 0.25) is 0 Å². The molecule has 2 nitrogen and oxygen atoms in total. The molecule has 1 aromatic rings. The number of hydrogen-bond acceptors (Lipinski definition) is 2. The highest BCUT2D eigenvalue weighted by molar-refractivity contribution is 7.65. The van der Waals surface area contributed by atoms with E-state index < -0.39 is 0 Å². The Hall–Kier alpha value is -1.27. The Morgan fingerprint density at radius 2 is 1.90 bits per heavy atom. The molecule has 0 N–H and O–H groups in total. The van der Waals surface area contributed by atoms with Gasteiger partial charge < -0.3 is 0 Å². The first-order chi connectivity index (χ1) is 4.86. The second-order valence-corrected chi connectivity index (χ2v) is 2.36. The van der Waals surface area contributed by atoms with Crippen LogP contribution in [-0.4, -0.2) is 0 Å². The summed E-state index contributed by atoms with van der Waals surface area (Å²) in [6.45, 7) is 0. The third-order valence-corrected chi connectivity index (χ3v) is 1.54. The van der Waals surface area contributed by atoms with Gasteiger partial charge in [-0.1, -0.05) is 0 Å². The Morgan fingerprint density at radius 1 is 1.30 bits per heavy atom. The molecule has 1 rings (SSSR count). The fraction of sp³-hybridized carbons (Fsp3) is 0. The summed E-state index contributed by atoms with van der Waals surface area (Å²) in [6, 6.07) is 8.49. The lowest BCUT2D eigenvalue weighted by atomic mass is 10.2. The van der Waals surface area contributed by atoms with Gasteiger partial charge in [-0.3, -0.25) is 0 Å². The molecule has 0 bridgehead atoms. The molecule has 0 heterocycles. The summed E-state index contributed by atoms with van der Waals surface area (Å²) in [4.78, 5) is 0.638. The van der Waals surface area contributed by atoms with Crippen LogP contribution in [0.3, 0.4) is 0 Å². The summed E-state index contributed by atoms with van der Waals surface area (Å²) in [7, 11) is 0. The smallest absolute Gasteiger partial charge is 0.192 e. The van der Waals surface area contributed by atoms with Crippen LogP contribution in [0.15, 0.2) is 29.2 Å². The second kappa shape index (κ2) is 3.04. The molecule has 0 aliphatic rings. The van der Waals surface area contributed by atoms with Gasteiger partial charge in [0, 0.05) is 16.3 Å². The van der Waals surface area contributed by atoms with E-state index in [9.17, 15) is 4.21 Å². The molecule has 0 spiro atoms. The van der Waals surface area contributed by atoms with Crippen molar-refractivity contribution in [2.75, 3.05) is 0 Å². The lowest BCUT2D eigenvalue weighted by Gasteiger charge is -1.79. The van der Waals surface area contributed by atoms with E-state index in [0.717, 1.165) is 0 Å². The highest BCUT2D eigenvalue weighted by Gasteiger charge is 2.03. The summed E-state index contributed by atoms with van der Waals surface area (Å²) in [5, 5.41) is 8.37. The molecule has 0 aromatic heterocycles. The molecular formula is C7H4NOS+. The zero-order chi connectivity index (χ0) is 7.40. The summed E-state index contributed by atoms with van der Waals surface area (Å²) in [6.07, 6.45) is 0. The van der Waals surface area contributed by atoms with Gasteiger partial charge in [-0.2, -0.15) is 5.26 Å². The molecular weight excluding hydrogens is 146 g/mol. The van der Waals surface area contributed by atoms with Crippen molar-refractivity contribution in [2.24, 2.45) is 0 Å². The molecule has 3 heteroatoms. The number of nitriles is 1. The SMILES string of the molecule is N#Cc1ccc([S+]=O)cc1. The van der Waals surface area contributed by atoms with Crippen LogP contribution in [0.4, 0.5) is 0 Å². The van der Waals surface area contributed by atoms with Crippen molar-refractivity contribution in [3.8, 4) is 6.07 Å². The van der Waals surface area contributed by atoms with Crippen LogP contribution in [-0.2, 0) is 15.9 Å². The number of hydrogen-bond donors (Lipinski definition) is 0. The fourth-order valence-electron chi connectivity index (χ4n) is 0.585. The predicted molar refractivity (Wildman–Crippen MR) is 37.5 cm³/mol. The minimum absolute atomic E-state index is 0.429. The monoisotopic (exact) mass is 150 g/mol. The van der Waals surface area contributed by atoms with Crippen molar-refractivity contribution in [2.45, 2.75) is 4.90 Å². The van der Waals surface area contributed by atoms with Gasteiger partial charge in [0.05, 0.1) is 11.6 Å². The van der Waals surface area contributed by atoms with E-state index >= 15 is 0 Å². The topological polar surface area (TPSA) is 40.9 Å². The van der Waals surface area contributed by atoms with E-state index in [-0.39, 0.29) is 0 Å². The summed E-state index contributed by atoms with van der Waals surface area (Å²) in [5.74, 6) is 0. The zero-order valence-electron chi connectivity index (χ0n) is 5.07. The van der Waals surface area contributed by atoms with Gasteiger partial charge in [-0.05, 0) is 12.1 Å². The number of rotatable bonds is 1. The highest BCUT2D eigenvalue weighted by Crippen LogP contribution is 2.01. The van der Waals surface area contributed by atoms with E-state index in [4.69, 9.17) is 5.26 Å². The molecule has 0 aliphatic heterocycles. The molecule has 48 valence electrons. The molecule has 0 fully saturated rings. The molecule has 0 atom stereocenters. The molecule has 0 amide bonds. The minimum Gasteiger partial charge on any atom is -0.192 e. The van der Waals surface area contributed by atoms with Crippen LogP contribution in [0, 0.1) is 11.3 Å². The van der Waals surface area contributed by atoms with Crippen LogP contribution in [0.1, 0.15) is 5.56 Å². The Bertz CT molecular complexity index is 273. The lowest BCUT2D eigenvalue weighted by Crippen LogP contribution is -1.74. The normalized spacial score (nSPS) is 8.30. The summed E-state index contributed by atoms with van der Waals surface area (Å²) < 4.78 is 10.2. The Labute approximate surface area is 62.6 Å². The number of benzene rings is 1. The second-order valence-electron chi connectivity index (χ2n) is 1.72. The van der Waals surface area contributed by atoms with E-state index in [1.54, 1.807) is 24.3 Å². The molecule has 0 radical (unpaired) electrons. The molecule has 0 saturated carbocycles. The molecule has 0 saturated heterocycles. The van der Waals surface area contributed by atoms with Gasteiger partial charge >= 0.3 is 11.7 Å². The van der Waals surface area contributed by atoms with Crippen molar-refractivity contribution >= 4 is 11.7 Å². The molecule has 1 aromatic carbocycles. The Kier molecular flexibility index (Phi) is 2.08. The van der Waals surface area contributed by atoms with Gasteiger partial charge in [0.1, 0.15) is 0 Å². The third-order valence-electron chi connectivity index (χ3n) is 1.08. The molecule has 0 unspecified atom stereocenters. The van der Waals surface area contributed by atoms with Crippen LogP contribution in [0.25, 0.3) is 0 Å². The largest absolute Gasteiger partial charge is 0.505 e. The van der Waals surface area contributed by atoms with E-state index in [0.29, 0.717) is 22.1 Å². The lowest BCUT2D eigenvalue weighted by molar-refractivity contribution is 0.605. The van der Waals surface area contributed by atoms with Crippen molar-refractivity contribution < 1.29 is 4.21 Å². The van der Waals surface area contributed by atoms with Gasteiger partial charge in [-0.15, -0.1) is 0 Å². The zero-order valence-corrected chi connectivity index (χ0v) is 5.89. The van der Waals surface area contributed by atoms with Gasteiger partial charge in [-0.25, -0.2) is 0 Å². The van der Waals surface area contributed by atoms with Crippen LogP contribution >= 0.6 is 0 Å². The Morgan fingerprint density at radius 3 is 2.30 bits per heavy atom. The number of nitrogens with zero attached hydrogens (tertiary/aromatic N) is 1. The van der Waals surface area contributed by atoms with Crippen molar-refractivity contribution in [1.29, 1.82) is 5.26 Å². The fourth-order valence-corrected chi connectivity index (χ4v) is 0.832. The third kappa shape index (κ3) is 1.36. The first kappa shape index (κ1) is 6.84. The summed E-state index contributed by atoms with van der Waals surface area (Å²) in [5.41, 5.74) is 0.581. The van der Waals surface area contributed by atoms with E-state index in [1.165, 1.54) is 0 Å². The van der Waals surface area contributed by atoms with E-state index in [1.807, 2.05) is 6.07 Å². The quantitative estimate of drug-likeness (QED) is 0.567. The maximum Gasteiger partial charge on any atom is 0.505 e. The van der Waals surface area contributed by atoms with Crippen molar-refractivity contribution in [3.63, 3.8) is 0 Å². The average molecular weight is 150 g/mol. The Balaban J connectivity index is 3.04. The average Bonchev–Trinajstić information content (AvgIpc) is 2.05. The maximum absolute atomic E-state index is 10.2. The highest BCUT2D eigenvalue weighted by atomic mass is 32.1. The van der Waals surface area contributed by atoms with Gasteiger partial charge in [0.2, 0.25) is 0 Å². The molecule has 0 aliphatic carbocycles. The summed E-state index contributed by atoms with van der Waals surface area (Å²) >= 11 is 0.429. The van der Waals surface area contributed by atoms with Crippen molar-refractivity contribution in [1.82, 2.24) is 0 Å². The van der Waals surface area contributed by atoms with Gasteiger partial charge in [0.15, 0.2) is 0 Å². The van der Waals surface area contributed by atoms with Crippen molar-refractivity contribution in [3.05, 3.63) is 29.8 Å². The van der Waals surface area contributed by atoms with Crippen LogP contribution in [0.5, 0.6) is 0 Å². The maximum atomic E-state index is 10.2.